The number of amides is 3. The van der Waals surface area contributed by atoms with Gasteiger partial charge in [0.1, 0.15) is 29.2 Å². The van der Waals surface area contributed by atoms with Crippen LogP contribution in [0.3, 0.4) is 0 Å². The van der Waals surface area contributed by atoms with E-state index in [0.29, 0.717) is 10.6 Å². The summed E-state index contributed by atoms with van der Waals surface area (Å²) in [4.78, 5) is 57.5. The third-order valence-corrected chi connectivity index (χ3v) is 9.94. The molecule has 4 atom stereocenters. The zero-order chi connectivity index (χ0) is 34.6. The molecule has 260 valence electrons. The zero-order valence-corrected chi connectivity index (χ0v) is 28.4. The predicted octanol–water partition coefficient (Wildman–Crippen LogP) is -0.0995. The second kappa shape index (κ2) is 17.7. The van der Waals surface area contributed by atoms with Crippen molar-refractivity contribution in [1.29, 1.82) is 0 Å². The van der Waals surface area contributed by atoms with Gasteiger partial charge in [0.2, 0.25) is 11.8 Å². The molecule has 0 spiro atoms. The first-order valence-electron chi connectivity index (χ1n) is 14.9. The number of aliphatic hydroxyl groups is 1. The SMILES string of the molecule is COC[C@H](NC(=O)c1cnc(C)s1)C(=O)N[C@@H](COC)C(=O)N[C@@H](Cc1ccccc1)C(=O)[C@](C)(O)COS(=O)(=O)C1CCOCC1. The number of methoxy groups -OCH3 is 2. The van der Waals surface area contributed by atoms with Crippen molar-refractivity contribution in [2.45, 2.75) is 62.1 Å². The zero-order valence-electron chi connectivity index (χ0n) is 26.7. The van der Waals surface area contributed by atoms with E-state index >= 15 is 0 Å². The normalized spacial score (nSPS) is 17.1. The Bertz CT molecular complexity index is 1460. The third kappa shape index (κ3) is 11.4. The molecule has 0 radical (unpaired) electrons. The Labute approximate surface area is 277 Å². The molecule has 0 saturated carbocycles. The second-order valence-corrected chi connectivity index (χ2v) is 14.3. The molecule has 17 heteroatoms. The van der Waals surface area contributed by atoms with Crippen LogP contribution in [0.25, 0.3) is 0 Å². The molecule has 3 amide bonds. The topological polar surface area (TPSA) is 209 Å². The number of aryl methyl sites for hydroxylation is 1. The van der Waals surface area contributed by atoms with E-state index < -0.39 is 69.2 Å². The fourth-order valence-electron chi connectivity index (χ4n) is 4.70. The van der Waals surface area contributed by atoms with Crippen LogP contribution in [0.2, 0.25) is 0 Å². The van der Waals surface area contributed by atoms with Gasteiger partial charge in [0.05, 0.1) is 35.7 Å². The molecule has 3 rings (SSSR count). The predicted molar refractivity (Wildman–Crippen MR) is 170 cm³/mol. The highest BCUT2D eigenvalue weighted by atomic mass is 32.2. The Morgan fingerprint density at radius 1 is 1.00 bits per heavy atom. The van der Waals surface area contributed by atoms with Gasteiger partial charge in [-0.15, -0.1) is 11.3 Å². The Morgan fingerprint density at radius 2 is 1.57 bits per heavy atom. The molecule has 2 aromatic rings. The van der Waals surface area contributed by atoms with Gasteiger partial charge in [0.25, 0.3) is 16.0 Å². The van der Waals surface area contributed by atoms with Crippen molar-refractivity contribution >= 4 is 45.0 Å². The maximum Gasteiger partial charge on any atom is 0.270 e. The number of hydrogen-bond acceptors (Lipinski definition) is 13. The number of thiazole rings is 1. The standard InChI is InChI=1S/C30H42N4O11S2/c1-19-31-15-25(46-19)29(38)34-24(17-43-4)28(37)33-23(16-42-3)27(36)32-22(14-20-8-6-5-7-9-20)26(35)30(2,39)18-45-47(40,41)21-10-12-44-13-11-21/h5-9,15,21-24,39H,10-14,16-18H2,1-4H3,(H,32,36)(H,33,37)(H,34,38)/t22-,23-,24-,30+/m0/s1. The minimum absolute atomic E-state index is 0.0709. The van der Waals surface area contributed by atoms with Crippen LogP contribution in [0.4, 0.5) is 0 Å². The van der Waals surface area contributed by atoms with Crippen LogP contribution < -0.4 is 16.0 Å². The molecule has 0 bridgehead atoms. The lowest BCUT2D eigenvalue weighted by molar-refractivity contribution is -0.143. The van der Waals surface area contributed by atoms with Crippen LogP contribution in [-0.2, 0) is 49.3 Å². The number of carbonyl (C=O) groups is 4. The number of benzene rings is 1. The molecule has 1 fully saturated rings. The summed E-state index contributed by atoms with van der Waals surface area (Å²) in [5, 5.41) is 18.6. The van der Waals surface area contributed by atoms with Gasteiger partial charge in [-0.05, 0) is 38.7 Å². The molecule has 1 aromatic heterocycles. The number of hydrogen-bond donors (Lipinski definition) is 4. The van der Waals surface area contributed by atoms with Crippen molar-refractivity contribution in [3.63, 3.8) is 0 Å². The monoisotopic (exact) mass is 698 g/mol. The maximum atomic E-state index is 13.7. The first-order chi connectivity index (χ1) is 22.3. The Morgan fingerprint density at radius 3 is 2.13 bits per heavy atom. The molecule has 1 saturated heterocycles. The van der Waals surface area contributed by atoms with Crippen LogP contribution in [0.5, 0.6) is 0 Å². The summed E-state index contributed by atoms with van der Waals surface area (Å²) in [6, 6.07) is 4.75. The van der Waals surface area contributed by atoms with Crippen LogP contribution >= 0.6 is 11.3 Å². The summed E-state index contributed by atoms with van der Waals surface area (Å²) in [5.41, 5.74) is -1.69. The number of ether oxygens (including phenoxy) is 3. The van der Waals surface area contributed by atoms with E-state index in [9.17, 15) is 32.7 Å². The van der Waals surface area contributed by atoms with E-state index in [2.05, 4.69) is 20.9 Å². The highest BCUT2D eigenvalue weighted by molar-refractivity contribution is 7.87. The molecule has 0 unspecified atom stereocenters. The summed E-state index contributed by atoms with van der Waals surface area (Å²) in [7, 11) is -1.47. The lowest BCUT2D eigenvalue weighted by Crippen LogP contribution is -2.60. The fourth-order valence-corrected chi connectivity index (χ4v) is 6.74. The van der Waals surface area contributed by atoms with Crippen molar-refractivity contribution in [2.75, 3.05) is 47.3 Å². The number of rotatable bonds is 18. The lowest BCUT2D eigenvalue weighted by Gasteiger charge is -2.30. The van der Waals surface area contributed by atoms with Gasteiger partial charge in [0, 0.05) is 27.4 Å². The van der Waals surface area contributed by atoms with Gasteiger partial charge in [-0.1, -0.05) is 30.3 Å². The summed E-state index contributed by atoms with van der Waals surface area (Å²) in [6.07, 6.45) is 1.75. The quantitative estimate of drug-likeness (QED) is 0.151. The van der Waals surface area contributed by atoms with Gasteiger partial charge < -0.3 is 35.3 Å². The van der Waals surface area contributed by atoms with Crippen molar-refractivity contribution in [1.82, 2.24) is 20.9 Å². The van der Waals surface area contributed by atoms with Crippen LogP contribution in [0.1, 0.15) is 40.0 Å². The van der Waals surface area contributed by atoms with E-state index in [-0.39, 0.29) is 50.6 Å². The van der Waals surface area contributed by atoms with Gasteiger partial charge >= 0.3 is 0 Å². The Kier molecular flexibility index (Phi) is 14.4. The minimum Gasteiger partial charge on any atom is -0.382 e. The van der Waals surface area contributed by atoms with Crippen LogP contribution in [-0.4, -0.2) is 118 Å². The number of aromatic nitrogens is 1. The van der Waals surface area contributed by atoms with Crippen molar-refractivity contribution < 1.29 is 51.1 Å². The highest BCUT2D eigenvalue weighted by Gasteiger charge is 2.41. The van der Waals surface area contributed by atoms with Crippen molar-refractivity contribution in [3.8, 4) is 0 Å². The third-order valence-electron chi connectivity index (χ3n) is 7.29. The van der Waals surface area contributed by atoms with Gasteiger partial charge in [0.15, 0.2) is 5.78 Å². The van der Waals surface area contributed by atoms with Gasteiger partial charge in [-0.25, -0.2) is 4.98 Å². The molecule has 0 aliphatic carbocycles. The summed E-state index contributed by atoms with van der Waals surface area (Å²) in [5.74, 6) is -3.06. The number of nitrogens with zero attached hydrogens (tertiary/aromatic N) is 1. The largest absolute Gasteiger partial charge is 0.382 e. The fraction of sp³-hybridized carbons (Fsp3) is 0.567. The van der Waals surface area contributed by atoms with E-state index in [1.54, 1.807) is 37.3 Å². The average molecular weight is 699 g/mol. The molecule has 2 heterocycles. The molecule has 15 nitrogen and oxygen atoms in total. The Hall–Kier alpha value is -3.32. The van der Waals surface area contributed by atoms with Crippen molar-refractivity contribution in [2.24, 2.45) is 0 Å². The number of nitrogens with one attached hydrogen (secondary N) is 3. The van der Waals surface area contributed by atoms with E-state index in [0.717, 1.165) is 18.3 Å². The van der Waals surface area contributed by atoms with E-state index in [1.165, 1.54) is 20.4 Å². The number of carbonyl (C=O) groups excluding carboxylic acids is 4. The first kappa shape index (κ1) is 38.1. The minimum atomic E-state index is -4.12. The Balaban J connectivity index is 1.76. The highest BCUT2D eigenvalue weighted by Crippen LogP contribution is 2.21. The summed E-state index contributed by atoms with van der Waals surface area (Å²) >= 11 is 1.14. The molecular formula is C30H42N4O11S2. The molecule has 1 aromatic carbocycles. The van der Waals surface area contributed by atoms with E-state index in [1.807, 2.05) is 0 Å². The summed E-state index contributed by atoms with van der Waals surface area (Å²) < 4.78 is 46.1. The molecule has 47 heavy (non-hydrogen) atoms. The molecule has 1 aliphatic heterocycles. The first-order valence-corrected chi connectivity index (χ1v) is 17.1. The molecular weight excluding hydrogens is 656 g/mol. The smallest absolute Gasteiger partial charge is 0.270 e. The van der Waals surface area contributed by atoms with E-state index in [4.69, 9.17) is 18.4 Å². The molecule has 4 N–H and O–H groups in total. The molecule has 1 aliphatic rings. The average Bonchev–Trinajstić information content (AvgIpc) is 3.50. The van der Waals surface area contributed by atoms with Crippen LogP contribution in [0, 0.1) is 6.92 Å². The lowest BCUT2D eigenvalue weighted by atomic mass is 9.91. The van der Waals surface area contributed by atoms with Crippen molar-refractivity contribution in [3.05, 3.63) is 52.0 Å². The second-order valence-electron chi connectivity index (χ2n) is 11.2. The maximum absolute atomic E-state index is 13.7. The van der Waals surface area contributed by atoms with Gasteiger partial charge in [-0.3, -0.25) is 23.4 Å². The number of Topliss-reactive ketones (excluding diaryl/α,β-unsaturated/α-hetero) is 1. The number of ketones is 1. The van der Waals surface area contributed by atoms with Gasteiger partial charge in [-0.2, -0.15) is 8.42 Å². The van der Waals surface area contributed by atoms with Crippen LogP contribution in [0.15, 0.2) is 36.5 Å². The summed E-state index contributed by atoms with van der Waals surface area (Å²) in [6.45, 7) is 1.93.